The predicted molar refractivity (Wildman–Crippen MR) is 77.4 cm³/mol. The third-order valence-electron chi connectivity index (χ3n) is 2.73. The fourth-order valence-electron chi connectivity index (χ4n) is 1.83. The van der Waals surface area contributed by atoms with Crippen LogP contribution in [-0.4, -0.2) is 0 Å². The Morgan fingerprint density at radius 3 is 2.42 bits per heavy atom. The van der Waals surface area contributed by atoms with Crippen molar-refractivity contribution in [3.63, 3.8) is 0 Å². The molecule has 0 aliphatic carbocycles. The molecule has 2 nitrogen and oxygen atoms in total. The zero-order chi connectivity index (χ0) is 14.0. The van der Waals surface area contributed by atoms with Gasteiger partial charge in [0.1, 0.15) is 11.6 Å². The number of benzene rings is 2. The molecular weight excluding hydrogens is 382 g/mol. The molecule has 0 heterocycles. The van der Waals surface area contributed by atoms with Gasteiger partial charge in [-0.2, -0.15) is 0 Å². The van der Waals surface area contributed by atoms with Crippen LogP contribution < -0.4 is 11.3 Å². The summed E-state index contributed by atoms with van der Waals surface area (Å²) in [5.74, 6) is 4.66. The second-order valence-electron chi connectivity index (χ2n) is 3.91. The Morgan fingerprint density at radius 1 is 1.00 bits per heavy atom. The van der Waals surface area contributed by atoms with Gasteiger partial charge in [-0.25, -0.2) is 14.2 Å². The van der Waals surface area contributed by atoms with Gasteiger partial charge in [0, 0.05) is 10.0 Å². The van der Waals surface area contributed by atoms with Crippen LogP contribution in [0.1, 0.15) is 17.2 Å². The van der Waals surface area contributed by atoms with Gasteiger partial charge in [-0.15, -0.1) is 0 Å². The Labute approximate surface area is 126 Å². The number of nitrogens with two attached hydrogens (primary N) is 1. The van der Waals surface area contributed by atoms with Gasteiger partial charge in [-0.1, -0.05) is 28.1 Å². The highest BCUT2D eigenvalue weighted by Crippen LogP contribution is 2.32. The predicted octanol–water partition coefficient (Wildman–Crippen LogP) is 4.04. The molecule has 0 bridgehead atoms. The second kappa shape index (κ2) is 6.09. The van der Waals surface area contributed by atoms with Gasteiger partial charge < -0.3 is 0 Å². The number of hydrogen-bond donors (Lipinski definition) is 2. The smallest absolute Gasteiger partial charge is 0.137 e. The zero-order valence-corrected chi connectivity index (χ0v) is 12.8. The van der Waals surface area contributed by atoms with Crippen molar-refractivity contribution in [3.8, 4) is 0 Å². The molecule has 1 unspecified atom stereocenters. The van der Waals surface area contributed by atoms with E-state index in [4.69, 9.17) is 5.84 Å². The molecule has 0 radical (unpaired) electrons. The van der Waals surface area contributed by atoms with E-state index in [9.17, 15) is 8.78 Å². The normalized spacial score (nSPS) is 12.5. The van der Waals surface area contributed by atoms with Crippen molar-refractivity contribution in [2.24, 2.45) is 5.84 Å². The lowest BCUT2D eigenvalue weighted by Gasteiger charge is -2.19. The van der Waals surface area contributed by atoms with Crippen molar-refractivity contribution >= 4 is 31.9 Å². The van der Waals surface area contributed by atoms with E-state index in [0.29, 0.717) is 11.1 Å². The minimum atomic E-state index is -0.650. The van der Waals surface area contributed by atoms with E-state index in [0.717, 1.165) is 4.47 Å². The van der Waals surface area contributed by atoms with E-state index < -0.39 is 17.7 Å². The van der Waals surface area contributed by atoms with Crippen molar-refractivity contribution in [2.45, 2.75) is 6.04 Å². The molecule has 0 aromatic heterocycles. The van der Waals surface area contributed by atoms with E-state index in [1.165, 1.54) is 12.1 Å². The molecule has 2 aromatic carbocycles. The Morgan fingerprint density at radius 2 is 1.74 bits per heavy atom. The van der Waals surface area contributed by atoms with Gasteiger partial charge in [0.05, 0.1) is 10.5 Å². The number of rotatable bonds is 3. The first kappa shape index (κ1) is 14.6. The summed E-state index contributed by atoms with van der Waals surface area (Å²) in [4.78, 5) is 0. The summed E-state index contributed by atoms with van der Waals surface area (Å²) >= 11 is 6.44. The maximum atomic E-state index is 13.9. The van der Waals surface area contributed by atoms with Crippen LogP contribution in [-0.2, 0) is 0 Å². The molecule has 0 fully saturated rings. The molecule has 19 heavy (non-hydrogen) atoms. The lowest BCUT2D eigenvalue weighted by molar-refractivity contribution is 0.552. The Bertz CT molecular complexity index is 603. The summed E-state index contributed by atoms with van der Waals surface area (Å²) in [5.41, 5.74) is 3.38. The number of hydrogen-bond acceptors (Lipinski definition) is 2. The van der Waals surface area contributed by atoms with Crippen LogP contribution >= 0.6 is 31.9 Å². The first-order valence-electron chi connectivity index (χ1n) is 5.39. The van der Waals surface area contributed by atoms with E-state index in [1.807, 2.05) is 0 Å². The molecule has 0 aliphatic rings. The summed E-state index contributed by atoms with van der Waals surface area (Å²) in [6.45, 7) is 0. The molecule has 100 valence electrons. The topological polar surface area (TPSA) is 38.0 Å². The quantitative estimate of drug-likeness (QED) is 0.612. The molecule has 3 N–H and O–H groups in total. The summed E-state index contributed by atoms with van der Waals surface area (Å²) in [5, 5.41) is 0. The Balaban J connectivity index is 2.56. The zero-order valence-electron chi connectivity index (χ0n) is 9.63. The fourth-order valence-corrected chi connectivity index (χ4v) is 2.70. The second-order valence-corrected chi connectivity index (χ2v) is 5.62. The number of hydrazine groups is 1. The third-order valence-corrected chi connectivity index (χ3v) is 4.06. The van der Waals surface area contributed by atoms with Crippen LogP contribution in [0.3, 0.4) is 0 Å². The van der Waals surface area contributed by atoms with E-state index in [1.54, 1.807) is 24.3 Å². The Kier molecular flexibility index (Phi) is 4.67. The molecule has 0 aliphatic heterocycles. The maximum Gasteiger partial charge on any atom is 0.137 e. The molecule has 0 amide bonds. The first-order valence-corrected chi connectivity index (χ1v) is 6.98. The van der Waals surface area contributed by atoms with E-state index in [-0.39, 0.29) is 4.47 Å². The summed E-state index contributed by atoms with van der Waals surface area (Å²) < 4.78 is 28.4. The molecule has 0 saturated carbocycles. The lowest BCUT2D eigenvalue weighted by Crippen LogP contribution is -2.30. The molecule has 0 saturated heterocycles. The monoisotopic (exact) mass is 390 g/mol. The third kappa shape index (κ3) is 3.02. The van der Waals surface area contributed by atoms with Crippen LogP contribution in [0.5, 0.6) is 0 Å². The average Bonchev–Trinajstić information content (AvgIpc) is 2.39. The van der Waals surface area contributed by atoms with E-state index >= 15 is 0 Å². The lowest BCUT2D eigenvalue weighted by atomic mass is 9.99. The largest absolute Gasteiger partial charge is 0.271 e. The van der Waals surface area contributed by atoms with Gasteiger partial charge in [0.25, 0.3) is 0 Å². The van der Waals surface area contributed by atoms with Crippen LogP contribution in [0.15, 0.2) is 45.3 Å². The number of nitrogens with one attached hydrogen (secondary N) is 1. The highest BCUT2D eigenvalue weighted by Gasteiger charge is 2.20. The molecular formula is C13H10Br2F2N2. The van der Waals surface area contributed by atoms with Crippen molar-refractivity contribution < 1.29 is 8.78 Å². The van der Waals surface area contributed by atoms with Crippen molar-refractivity contribution in [2.75, 3.05) is 0 Å². The van der Waals surface area contributed by atoms with Crippen LogP contribution in [0.2, 0.25) is 0 Å². The van der Waals surface area contributed by atoms with Crippen LogP contribution in [0.25, 0.3) is 0 Å². The van der Waals surface area contributed by atoms with Gasteiger partial charge >= 0.3 is 0 Å². The summed E-state index contributed by atoms with van der Waals surface area (Å²) in [6.07, 6.45) is 0. The Hall–Kier alpha value is -0.820. The minimum absolute atomic E-state index is 0.261. The van der Waals surface area contributed by atoms with Gasteiger partial charge in [0.15, 0.2) is 0 Å². The molecule has 6 heteroatoms. The number of halogens is 4. The minimum Gasteiger partial charge on any atom is -0.271 e. The SMILES string of the molecule is NNC(c1cc(Br)ccc1F)c1cccc(F)c1Br. The molecule has 2 aromatic rings. The molecule has 2 rings (SSSR count). The highest BCUT2D eigenvalue weighted by molar-refractivity contribution is 9.10. The van der Waals surface area contributed by atoms with E-state index in [2.05, 4.69) is 37.3 Å². The van der Waals surface area contributed by atoms with Crippen molar-refractivity contribution in [1.29, 1.82) is 0 Å². The van der Waals surface area contributed by atoms with Crippen molar-refractivity contribution in [3.05, 3.63) is 68.1 Å². The van der Waals surface area contributed by atoms with Gasteiger partial charge in [0.2, 0.25) is 0 Å². The first-order chi connectivity index (χ1) is 9.04. The van der Waals surface area contributed by atoms with Gasteiger partial charge in [-0.3, -0.25) is 5.84 Å². The molecule has 1 atom stereocenters. The van der Waals surface area contributed by atoms with Crippen LogP contribution in [0, 0.1) is 11.6 Å². The van der Waals surface area contributed by atoms with Crippen molar-refractivity contribution in [1.82, 2.24) is 5.43 Å². The van der Waals surface area contributed by atoms with Crippen LogP contribution in [0.4, 0.5) is 8.78 Å². The molecule has 0 spiro atoms. The van der Waals surface area contributed by atoms with Gasteiger partial charge in [-0.05, 0) is 45.8 Å². The fraction of sp³-hybridized carbons (Fsp3) is 0.0769. The summed E-state index contributed by atoms with van der Waals surface area (Å²) in [7, 11) is 0. The average molecular weight is 392 g/mol. The summed E-state index contributed by atoms with van der Waals surface area (Å²) in [6, 6.07) is 8.43. The maximum absolute atomic E-state index is 13.9. The standard InChI is InChI=1S/C13H10Br2F2N2/c14-7-4-5-10(16)9(6-7)13(19-18)8-2-1-3-11(17)12(8)15/h1-6,13,19H,18H2. The highest BCUT2D eigenvalue weighted by atomic mass is 79.9.